The maximum Gasteiger partial charge on any atom is 0.407 e. The van der Waals surface area contributed by atoms with Gasteiger partial charge in [0.25, 0.3) is 0 Å². The fourth-order valence-electron chi connectivity index (χ4n) is 3.19. The maximum atomic E-state index is 11.6. The number of halogens is 1. The Kier molecular flexibility index (Phi) is 7.41. The number of guanidine groups is 1. The fraction of sp³-hybridized carbons (Fsp3) is 0.875. The molecule has 0 aromatic rings. The van der Waals surface area contributed by atoms with Crippen LogP contribution in [0.5, 0.6) is 0 Å². The summed E-state index contributed by atoms with van der Waals surface area (Å²) in [7, 11) is 1.81. The lowest BCUT2D eigenvalue weighted by Gasteiger charge is -2.38. The highest BCUT2D eigenvalue weighted by Crippen LogP contribution is 2.47. The Morgan fingerprint density at radius 3 is 2.35 bits per heavy atom. The van der Waals surface area contributed by atoms with Gasteiger partial charge in [0.2, 0.25) is 0 Å². The molecule has 1 spiro atoms. The highest BCUT2D eigenvalue weighted by Gasteiger charge is 2.43. The largest absolute Gasteiger partial charge is 0.444 e. The smallest absolute Gasteiger partial charge is 0.407 e. The molecule has 2 aliphatic rings. The number of alkyl carbamates (subject to hydrolysis) is 1. The van der Waals surface area contributed by atoms with Crippen LogP contribution in [0.15, 0.2) is 4.99 Å². The third kappa shape index (κ3) is 6.00. The molecule has 23 heavy (non-hydrogen) atoms. The second kappa shape index (κ2) is 8.39. The minimum absolute atomic E-state index is 0. The molecule has 1 saturated carbocycles. The van der Waals surface area contributed by atoms with Crippen LogP contribution in [-0.4, -0.2) is 55.8 Å². The molecule has 1 heterocycles. The molecule has 134 valence electrons. The minimum Gasteiger partial charge on any atom is -0.444 e. The van der Waals surface area contributed by atoms with Gasteiger partial charge in [-0.15, -0.1) is 24.0 Å². The number of rotatable bonds is 3. The van der Waals surface area contributed by atoms with Gasteiger partial charge < -0.3 is 20.3 Å². The topological polar surface area (TPSA) is 66.0 Å². The monoisotopic (exact) mass is 438 g/mol. The van der Waals surface area contributed by atoms with Gasteiger partial charge in [-0.25, -0.2) is 4.79 Å². The van der Waals surface area contributed by atoms with E-state index in [9.17, 15) is 4.79 Å². The lowest BCUT2D eigenvalue weighted by atomic mass is 9.68. The Labute approximate surface area is 156 Å². The van der Waals surface area contributed by atoms with Gasteiger partial charge in [0.15, 0.2) is 5.96 Å². The number of carbonyl (C=O) groups is 1. The first kappa shape index (κ1) is 20.3. The molecule has 0 unspecified atom stereocenters. The van der Waals surface area contributed by atoms with Crippen molar-refractivity contribution in [3.63, 3.8) is 0 Å². The molecule has 1 amide bonds. The average Bonchev–Trinajstić information content (AvgIpc) is 2.82. The van der Waals surface area contributed by atoms with Crippen LogP contribution in [0, 0.1) is 5.41 Å². The molecule has 6 nitrogen and oxygen atoms in total. The summed E-state index contributed by atoms with van der Waals surface area (Å²) in [5.41, 5.74) is 0.104. The van der Waals surface area contributed by atoms with Crippen LogP contribution in [0.25, 0.3) is 0 Å². The zero-order valence-corrected chi connectivity index (χ0v) is 17.1. The lowest BCUT2D eigenvalue weighted by Crippen LogP contribution is -2.45. The third-order valence-corrected chi connectivity index (χ3v) is 4.44. The molecule has 1 aliphatic carbocycles. The number of likely N-dealkylation sites (tertiary alicyclic amines) is 1. The van der Waals surface area contributed by atoms with Crippen LogP contribution >= 0.6 is 24.0 Å². The molecule has 2 fully saturated rings. The molecule has 1 aliphatic heterocycles. The van der Waals surface area contributed by atoms with Gasteiger partial charge in [-0.2, -0.15) is 0 Å². The molecule has 0 aromatic heterocycles. The second-order valence-electron chi connectivity index (χ2n) is 7.43. The lowest BCUT2D eigenvalue weighted by molar-refractivity contribution is 0.0529. The summed E-state index contributed by atoms with van der Waals surface area (Å²) in [5.74, 6) is 0.940. The van der Waals surface area contributed by atoms with E-state index in [-0.39, 0.29) is 30.1 Å². The number of nitrogens with one attached hydrogen (secondary N) is 2. The van der Waals surface area contributed by atoms with Gasteiger partial charge in [-0.1, -0.05) is 6.42 Å². The Morgan fingerprint density at radius 1 is 1.22 bits per heavy atom. The molecular formula is C16H31IN4O2. The summed E-state index contributed by atoms with van der Waals surface area (Å²) in [6.07, 6.45) is 5.00. The van der Waals surface area contributed by atoms with E-state index in [4.69, 9.17) is 4.74 Å². The number of amides is 1. The zero-order chi connectivity index (χ0) is 16.2. The van der Waals surface area contributed by atoms with Crippen LogP contribution in [0.1, 0.15) is 46.5 Å². The number of carbonyl (C=O) groups excluding carboxylic acids is 1. The molecule has 7 heteroatoms. The van der Waals surface area contributed by atoms with Crippen LogP contribution in [0.4, 0.5) is 4.79 Å². The molecule has 1 saturated heterocycles. The summed E-state index contributed by atoms with van der Waals surface area (Å²) in [4.78, 5) is 18.3. The highest BCUT2D eigenvalue weighted by atomic mass is 127. The van der Waals surface area contributed by atoms with Gasteiger partial charge in [0, 0.05) is 33.2 Å². The fourth-order valence-corrected chi connectivity index (χ4v) is 3.19. The Hall–Kier alpha value is -0.730. The van der Waals surface area contributed by atoms with E-state index in [0.717, 1.165) is 19.0 Å². The van der Waals surface area contributed by atoms with Gasteiger partial charge in [0.05, 0.1) is 0 Å². The number of hydrogen-bond acceptors (Lipinski definition) is 3. The Morgan fingerprint density at radius 2 is 1.87 bits per heavy atom. The quantitative estimate of drug-likeness (QED) is 0.308. The van der Waals surface area contributed by atoms with E-state index >= 15 is 0 Å². The summed E-state index contributed by atoms with van der Waals surface area (Å²) in [6, 6.07) is 0. The first-order valence-corrected chi connectivity index (χ1v) is 8.26. The molecule has 0 bridgehead atoms. The average molecular weight is 438 g/mol. The van der Waals surface area contributed by atoms with E-state index in [0.29, 0.717) is 18.5 Å². The van der Waals surface area contributed by atoms with Crippen molar-refractivity contribution in [1.82, 2.24) is 15.5 Å². The van der Waals surface area contributed by atoms with E-state index < -0.39 is 5.60 Å². The summed E-state index contributed by atoms with van der Waals surface area (Å²) < 4.78 is 5.20. The standard InChI is InChI=1S/C16H30N4O2.HI/c1-15(2,3)22-14(21)19-10-9-18-13(17-4)20-11-8-16(12-20)6-5-7-16;/h5-12H2,1-4H3,(H,17,18)(H,19,21);1H. The Balaban J connectivity index is 0.00000264. The van der Waals surface area contributed by atoms with E-state index in [1.807, 2.05) is 27.8 Å². The molecule has 2 rings (SSSR count). The van der Waals surface area contributed by atoms with Crippen molar-refractivity contribution in [3.8, 4) is 0 Å². The van der Waals surface area contributed by atoms with Crippen LogP contribution < -0.4 is 10.6 Å². The van der Waals surface area contributed by atoms with Crippen LogP contribution in [-0.2, 0) is 4.74 Å². The predicted molar refractivity (Wildman–Crippen MR) is 103 cm³/mol. The number of aliphatic imine (C=N–C) groups is 1. The maximum absolute atomic E-state index is 11.6. The third-order valence-electron chi connectivity index (χ3n) is 4.44. The highest BCUT2D eigenvalue weighted by molar-refractivity contribution is 14.0. The van der Waals surface area contributed by atoms with Crippen molar-refractivity contribution in [2.75, 3.05) is 33.2 Å². The van der Waals surface area contributed by atoms with E-state index in [1.165, 1.54) is 25.7 Å². The molecule has 0 aromatic carbocycles. The molecule has 0 atom stereocenters. The van der Waals surface area contributed by atoms with Crippen molar-refractivity contribution in [2.24, 2.45) is 10.4 Å². The second-order valence-corrected chi connectivity index (χ2v) is 7.43. The van der Waals surface area contributed by atoms with Crippen LogP contribution in [0.3, 0.4) is 0 Å². The summed E-state index contributed by atoms with van der Waals surface area (Å²) in [5, 5.41) is 6.07. The summed E-state index contributed by atoms with van der Waals surface area (Å²) >= 11 is 0. The van der Waals surface area contributed by atoms with E-state index in [1.54, 1.807) is 0 Å². The SMILES string of the molecule is CN=C(NCCNC(=O)OC(C)(C)C)N1CCC2(CCC2)C1.I. The van der Waals surface area contributed by atoms with Crippen molar-refractivity contribution in [3.05, 3.63) is 0 Å². The van der Waals surface area contributed by atoms with Gasteiger partial charge in [0.1, 0.15) is 5.60 Å². The molecular weight excluding hydrogens is 407 g/mol. The number of ether oxygens (including phenoxy) is 1. The predicted octanol–water partition coefficient (Wildman–Crippen LogP) is 2.58. The van der Waals surface area contributed by atoms with Crippen molar-refractivity contribution < 1.29 is 9.53 Å². The van der Waals surface area contributed by atoms with Crippen molar-refractivity contribution in [2.45, 2.75) is 52.1 Å². The first-order chi connectivity index (χ1) is 10.3. The van der Waals surface area contributed by atoms with Crippen molar-refractivity contribution >= 4 is 36.0 Å². The van der Waals surface area contributed by atoms with Crippen molar-refractivity contribution in [1.29, 1.82) is 0 Å². The van der Waals surface area contributed by atoms with E-state index in [2.05, 4.69) is 20.5 Å². The van der Waals surface area contributed by atoms with Gasteiger partial charge in [-0.3, -0.25) is 4.99 Å². The molecule has 2 N–H and O–H groups in total. The van der Waals surface area contributed by atoms with Gasteiger partial charge >= 0.3 is 6.09 Å². The number of nitrogens with zero attached hydrogens (tertiary/aromatic N) is 2. The minimum atomic E-state index is -0.458. The van der Waals surface area contributed by atoms with Gasteiger partial charge in [-0.05, 0) is 45.4 Å². The van der Waals surface area contributed by atoms with Crippen LogP contribution in [0.2, 0.25) is 0 Å². The summed E-state index contributed by atoms with van der Waals surface area (Å²) in [6.45, 7) is 8.94. The zero-order valence-electron chi connectivity index (χ0n) is 14.8. The normalized spacial score (nSPS) is 19.8. The number of hydrogen-bond donors (Lipinski definition) is 2. The Bertz CT molecular complexity index is 430. The molecule has 0 radical (unpaired) electrons. The first-order valence-electron chi connectivity index (χ1n) is 8.26.